The van der Waals surface area contributed by atoms with Gasteiger partial charge in [0.25, 0.3) is 5.91 Å². The van der Waals surface area contributed by atoms with Crippen LogP contribution in [-0.2, 0) is 9.59 Å². The number of hydrogen-bond acceptors (Lipinski definition) is 3. The molecule has 3 N–H and O–H groups in total. The second kappa shape index (κ2) is 10.3. The van der Waals surface area contributed by atoms with Crippen molar-refractivity contribution in [1.29, 1.82) is 0 Å². The molecule has 4 aromatic carbocycles. The van der Waals surface area contributed by atoms with Gasteiger partial charge in [-0.1, -0.05) is 104 Å². The van der Waals surface area contributed by atoms with E-state index >= 15 is 0 Å². The van der Waals surface area contributed by atoms with Gasteiger partial charge in [0.2, 0.25) is 5.91 Å². The summed E-state index contributed by atoms with van der Waals surface area (Å²) in [5.41, 5.74) is 8.59. The molecule has 2 amide bonds. The molecule has 0 radical (unpaired) electrons. The summed E-state index contributed by atoms with van der Waals surface area (Å²) in [4.78, 5) is 25.4. The zero-order valence-electron chi connectivity index (χ0n) is 18.1. The molecule has 0 aromatic heterocycles. The zero-order valence-corrected chi connectivity index (χ0v) is 18.1. The van der Waals surface area contributed by atoms with Crippen molar-refractivity contribution in [3.05, 3.63) is 126 Å². The van der Waals surface area contributed by atoms with Crippen LogP contribution in [0.15, 0.2) is 110 Å². The lowest BCUT2D eigenvalue weighted by Crippen LogP contribution is -2.44. The van der Waals surface area contributed by atoms with Crippen LogP contribution in [0.25, 0.3) is 16.5 Å². The number of carbonyl (C=O) groups is 2. The van der Waals surface area contributed by atoms with Gasteiger partial charge in [-0.2, -0.15) is 0 Å². The summed E-state index contributed by atoms with van der Waals surface area (Å²) in [6.07, 6.45) is 0. The van der Waals surface area contributed by atoms with Crippen molar-refractivity contribution in [2.45, 2.75) is 5.92 Å². The normalized spacial score (nSPS) is 10.6. The Balaban J connectivity index is 1.35. The second-order valence-electron chi connectivity index (χ2n) is 7.69. The first kappa shape index (κ1) is 21.8. The Morgan fingerprint density at radius 2 is 1.27 bits per heavy atom. The minimum atomic E-state index is -0.499. The van der Waals surface area contributed by atoms with Crippen LogP contribution in [-0.4, -0.2) is 18.4 Å². The summed E-state index contributed by atoms with van der Waals surface area (Å²) in [6, 6.07) is 33.0. The highest BCUT2D eigenvalue weighted by Crippen LogP contribution is 2.24. The fraction of sp³-hybridized carbons (Fsp3) is 0.0714. The molecule has 164 valence electrons. The molecule has 0 heterocycles. The molecule has 33 heavy (non-hydrogen) atoms. The molecule has 4 rings (SSSR count). The molecule has 5 nitrogen and oxygen atoms in total. The first-order valence-electron chi connectivity index (χ1n) is 10.7. The molecule has 4 aromatic rings. The largest absolute Gasteiger partial charge is 0.346 e. The number of amides is 2. The van der Waals surface area contributed by atoms with Gasteiger partial charge in [-0.05, 0) is 33.5 Å². The smallest absolute Gasteiger partial charge is 0.257 e. The van der Waals surface area contributed by atoms with E-state index in [9.17, 15) is 9.59 Å². The number of carbonyl (C=O) groups excluding carboxylic acids is 2. The van der Waals surface area contributed by atoms with Crippen molar-refractivity contribution in [2.75, 3.05) is 6.54 Å². The predicted molar refractivity (Wildman–Crippen MR) is 132 cm³/mol. The maximum absolute atomic E-state index is 13.0. The molecule has 0 unspecified atom stereocenters. The Bertz CT molecular complexity index is 1230. The Hall–Kier alpha value is -4.38. The lowest BCUT2D eigenvalue weighted by atomic mass is 9.90. The van der Waals surface area contributed by atoms with Crippen molar-refractivity contribution in [2.24, 2.45) is 0 Å². The third kappa shape index (κ3) is 5.46. The summed E-state index contributed by atoms with van der Waals surface area (Å²) in [6.45, 7) is 3.83. The van der Waals surface area contributed by atoms with Crippen molar-refractivity contribution < 1.29 is 9.59 Å². The number of rotatable bonds is 8. The summed E-state index contributed by atoms with van der Waals surface area (Å²) in [5, 5.41) is 4.97. The third-order valence-corrected chi connectivity index (χ3v) is 5.40. The molecule has 0 aliphatic rings. The Morgan fingerprint density at radius 1 is 0.697 bits per heavy atom. The van der Waals surface area contributed by atoms with Gasteiger partial charge in [0.15, 0.2) is 0 Å². The monoisotopic (exact) mass is 435 g/mol. The van der Waals surface area contributed by atoms with Crippen LogP contribution in [0.1, 0.15) is 22.6 Å². The van der Waals surface area contributed by atoms with Crippen molar-refractivity contribution >= 4 is 28.3 Å². The molecule has 0 aliphatic heterocycles. The fourth-order valence-corrected chi connectivity index (χ4v) is 3.69. The van der Waals surface area contributed by atoms with E-state index in [0.717, 1.165) is 27.5 Å². The van der Waals surface area contributed by atoms with Gasteiger partial charge >= 0.3 is 0 Å². The van der Waals surface area contributed by atoms with E-state index in [1.165, 1.54) is 0 Å². The van der Waals surface area contributed by atoms with Crippen molar-refractivity contribution in [1.82, 2.24) is 16.2 Å². The number of hydrogen-bond donors (Lipinski definition) is 3. The highest BCUT2D eigenvalue weighted by atomic mass is 16.2. The third-order valence-electron chi connectivity index (χ3n) is 5.40. The van der Waals surface area contributed by atoms with Crippen LogP contribution < -0.4 is 16.2 Å². The van der Waals surface area contributed by atoms with Gasteiger partial charge in [-0.15, -0.1) is 0 Å². The Kier molecular flexibility index (Phi) is 6.81. The topological polar surface area (TPSA) is 70.2 Å². The van der Waals surface area contributed by atoms with Crippen molar-refractivity contribution in [3.63, 3.8) is 0 Å². The average Bonchev–Trinajstić information content (AvgIpc) is 2.87. The molecule has 0 spiro atoms. The summed E-state index contributed by atoms with van der Waals surface area (Å²) in [7, 11) is 0. The van der Waals surface area contributed by atoms with E-state index in [0.29, 0.717) is 5.70 Å². The van der Waals surface area contributed by atoms with E-state index in [1.54, 1.807) is 0 Å². The summed E-state index contributed by atoms with van der Waals surface area (Å²) < 4.78 is 0. The average molecular weight is 436 g/mol. The summed E-state index contributed by atoms with van der Waals surface area (Å²) in [5.74, 6) is -1.11. The van der Waals surface area contributed by atoms with E-state index < -0.39 is 5.92 Å². The molecule has 0 fully saturated rings. The highest BCUT2D eigenvalue weighted by molar-refractivity contribution is 5.91. The van der Waals surface area contributed by atoms with Gasteiger partial charge in [0.1, 0.15) is 0 Å². The van der Waals surface area contributed by atoms with Gasteiger partial charge < -0.3 is 5.32 Å². The minimum Gasteiger partial charge on any atom is -0.346 e. The molecule has 0 saturated heterocycles. The molecule has 0 bridgehead atoms. The lowest BCUT2D eigenvalue weighted by molar-refractivity contribution is -0.126. The van der Waals surface area contributed by atoms with Gasteiger partial charge in [0.05, 0.1) is 18.2 Å². The molecule has 0 aliphatic carbocycles. The van der Waals surface area contributed by atoms with E-state index in [-0.39, 0.29) is 18.4 Å². The van der Waals surface area contributed by atoms with Crippen LogP contribution in [0.2, 0.25) is 0 Å². The molecule has 0 saturated carbocycles. The van der Waals surface area contributed by atoms with E-state index in [1.807, 2.05) is 103 Å². The van der Waals surface area contributed by atoms with Crippen LogP contribution in [0.4, 0.5) is 0 Å². The van der Waals surface area contributed by atoms with E-state index in [2.05, 4.69) is 22.7 Å². The number of nitrogens with one attached hydrogen (secondary N) is 3. The Morgan fingerprint density at radius 3 is 1.91 bits per heavy atom. The van der Waals surface area contributed by atoms with Crippen LogP contribution >= 0.6 is 0 Å². The first-order valence-corrected chi connectivity index (χ1v) is 10.7. The van der Waals surface area contributed by atoms with Gasteiger partial charge in [-0.25, -0.2) is 0 Å². The zero-order chi connectivity index (χ0) is 23.0. The Labute approximate surface area is 193 Å². The number of hydrazine groups is 1. The van der Waals surface area contributed by atoms with Crippen LogP contribution in [0.5, 0.6) is 0 Å². The van der Waals surface area contributed by atoms with Gasteiger partial charge in [-0.3, -0.25) is 20.4 Å². The van der Waals surface area contributed by atoms with Crippen molar-refractivity contribution in [3.8, 4) is 0 Å². The first-order chi connectivity index (χ1) is 16.1. The molecular formula is C28H25N3O2. The standard InChI is InChI=1S/C28H25N3O2/c1-20(24-17-16-21-10-8-9-15-25(21)18-24)30-31-26(32)19-29-28(33)27(22-11-4-2-5-12-22)23-13-6-3-7-14-23/h2-18,27,30H,1,19H2,(H,29,33)(H,31,32). The lowest BCUT2D eigenvalue weighted by Gasteiger charge is -2.18. The number of benzene rings is 4. The van der Waals surface area contributed by atoms with Crippen LogP contribution in [0.3, 0.4) is 0 Å². The minimum absolute atomic E-state index is 0.160. The fourth-order valence-electron chi connectivity index (χ4n) is 3.69. The SMILES string of the molecule is C=C(NNC(=O)CNC(=O)C(c1ccccc1)c1ccccc1)c1ccc2ccccc2c1. The number of fused-ring (bicyclic) bond motifs is 1. The van der Waals surface area contributed by atoms with Crippen LogP contribution in [0, 0.1) is 0 Å². The molecular weight excluding hydrogens is 410 g/mol. The predicted octanol–water partition coefficient (Wildman–Crippen LogP) is 4.38. The maximum atomic E-state index is 13.0. The molecule has 5 heteroatoms. The summed E-state index contributed by atoms with van der Waals surface area (Å²) >= 11 is 0. The highest BCUT2D eigenvalue weighted by Gasteiger charge is 2.22. The quantitative estimate of drug-likeness (QED) is 0.360. The maximum Gasteiger partial charge on any atom is 0.257 e. The second-order valence-corrected chi connectivity index (χ2v) is 7.69. The van der Waals surface area contributed by atoms with Gasteiger partial charge in [0, 0.05) is 0 Å². The van der Waals surface area contributed by atoms with E-state index in [4.69, 9.17) is 0 Å². The molecule has 0 atom stereocenters.